The summed E-state index contributed by atoms with van der Waals surface area (Å²) in [7, 11) is 0. The summed E-state index contributed by atoms with van der Waals surface area (Å²) in [6, 6.07) is 9.09. The molecule has 0 aliphatic rings. The molecular formula is C16H27NO. The smallest absolute Gasteiger partial charge is 0.0446 e. The molecule has 1 aromatic carbocycles. The molecule has 0 aliphatic carbocycles. The molecule has 1 rings (SSSR count). The highest BCUT2D eigenvalue weighted by atomic mass is 16.3. The minimum absolute atomic E-state index is 0.152. The van der Waals surface area contributed by atoms with Crippen LogP contribution in [0.5, 0.6) is 0 Å². The summed E-state index contributed by atoms with van der Waals surface area (Å²) in [6.45, 7) is 11.2. The van der Waals surface area contributed by atoms with E-state index in [0.717, 1.165) is 6.42 Å². The van der Waals surface area contributed by atoms with Gasteiger partial charge in [-0.1, -0.05) is 45.0 Å². The summed E-state index contributed by atoms with van der Waals surface area (Å²) in [5.74, 6) is 0. The number of rotatable bonds is 5. The molecule has 102 valence electrons. The lowest BCUT2D eigenvalue weighted by Crippen LogP contribution is -2.42. The Morgan fingerprint density at radius 3 is 2.33 bits per heavy atom. The molecule has 1 aromatic rings. The van der Waals surface area contributed by atoms with Gasteiger partial charge in [0, 0.05) is 18.7 Å². The van der Waals surface area contributed by atoms with Crippen LogP contribution in [-0.2, 0) is 0 Å². The third-order valence-electron chi connectivity index (χ3n) is 3.57. The third kappa shape index (κ3) is 4.11. The predicted octanol–water partition coefficient (Wildman–Crippen LogP) is 3.44. The maximum atomic E-state index is 9.20. The van der Waals surface area contributed by atoms with Gasteiger partial charge >= 0.3 is 0 Å². The van der Waals surface area contributed by atoms with E-state index in [9.17, 15) is 5.11 Å². The highest BCUT2D eigenvalue weighted by molar-refractivity contribution is 5.28. The van der Waals surface area contributed by atoms with Crippen LogP contribution in [0, 0.1) is 12.3 Å². The molecule has 0 aliphatic heterocycles. The first-order valence-electron chi connectivity index (χ1n) is 6.78. The Bertz CT molecular complexity index is 368. The van der Waals surface area contributed by atoms with E-state index in [0.29, 0.717) is 12.1 Å². The summed E-state index contributed by atoms with van der Waals surface area (Å²) >= 11 is 0. The van der Waals surface area contributed by atoms with Crippen LogP contribution in [-0.4, -0.2) is 17.8 Å². The molecule has 0 heterocycles. The zero-order valence-electron chi connectivity index (χ0n) is 12.3. The molecule has 2 nitrogen and oxygen atoms in total. The maximum absolute atomic E-state index is 9.20. The highest BCUT2D eigenvalue weighted by Crippen LogP contribution is 2.25. The Balaban J connectivity index is 2.79. The van der Waals surface area contributed by atoms with E-state index in [1.165, 1.54) is 11.1 Å². The van der Waals surface area contributed by atoms with Crippen molar-refractivity contribution in [1.29, 1.82) is 0 Å². The lowest BCUT2D eigenvalue weighted by molar-refractivity contribution is 0.188. The number of aliphatic hydroxyl groups excluding tert-OH is 1. The summed E-state index contributed by atoms with van der Waals surface area (Å²) in [6.07, 6.45) is 0.791. The molecule has 2 N–H and O–H groups in total. The van der Waals surface area contributed by atoms with Crippen molar-refractivity contribution in [2.45, 2.75) is 53.1 Å². The fourth-order valence-corrected chi connectivity index (χ4v) is 2.36. The molecule has 0 fully saturated rings. The van der Waals surface area contributed by atoms with E-state index in [4.69, 9.17) is 0 Å². The van der Waals surface area contributed by atoms with Crippen LogP contribution in [0.2, 0.25) is 0 Å². The molecular weight excluding hydrogens is 222 g/mol. The number of hydrogen-bond acceptors (Lipinski definition) is 2. The number of aliphatic hydroxyl groups is 1. The Morgan fingerprint density at radius 2 is 1.83 bits per heavy atom. The Hall–Kier alpha value is -0.860. The second-order valence-corrected chi connectivity index (χ2v) is 6.18. The van der Waals surface area contributed by atoms with Crippen molar-refractivity contribution in [1.82, 2.24) is 5.32 Å². The van der Waals surface area contributed by atoms with Gasteiger partial charge in [-0.25, -0.2) is 0 Å². The first kappa shape index (κ1) is 15.2. The van der Waals surface area contributed by atoms with Crippen LogP contribution >= 0.6 is 0 Å². The summed E-state index contributed by atoms with van der Waals surface area (Å²) in [5, 5.41) is 12.9. The SMILES string of the molecule is Cc1ccccc1C(C)NC(CCO)C(C)(C)C. The van der Waals surface area contributed by atoms with Gasteiger partial charge in [-0.2, -0.15) is 0 Å². The van der Waals surface area contributed by atoms with E-state index in [1.807, 2.05) is 0 Å². The lowest BCUT2D eigenvalue weighted by atomic mass is 9.84. The summed E-state index contributed by atoms with van der Waals surface area (Å²) in [4.78, 5) is 0. The number of hydrogen-bond donors (Lipinski definition) is 2. The van der Waals surface area contributed by atoms with Gasteiger partial charge in [-0.15, -0.1) is 0 Å². The fraction of sp³-hybridized carbons (Fsp3) is 0.625. The van der Waals surface area contributed by atoms with Crippen molar-refractivity contribution >= 4 is 0 Å². The molecule has 0 spiro atoms. The predicted molar refractivity (Wildman–Crippen MR) is 77.7 cm³/mol. The second kappa shape index (κ2) is 6.35. The van der Waals surface area contributed by atoms with Gasteiger partial charge in [-0.3, -0.25) is 0 Å². The van der Waals surface area contributed by atoms with Crippen LogP contribution in [0.1, 0.15) is 51.3 Å². The van der Waals surface area contributed by atoms with Gasteiger partial charge in [0.25, 0.3) is 0 Å². The van der Waals surface area contributed by atoms with E-state index in [1.54, 1.807) is 0 Å². The minimum atomic E-state index is 0.152. The van der Waals surface area contributed by atoms with Crippen molar-refractivity contribution in [3.05, 3.63) is 35.4 Å². The van der Waals surface area contributed by atoms with E-state index < -0.39 is 0 Å². The lowest BCUT2D eigenvalue weighted by Gasteiger charge is -2.34. The maximum Gasteiger partial charge on any atom is 0.0446 e. The van der Waals surface area contributed by atoms with E-state index in [-0.39, 0.29) is 12.0 Å². The average molecular weight is 249 g/mol. The molecule has 0 radical (unpaired) electrons. The number of benzene rings is 1. The summed E-state index contributed by atoms with van der Waals surface area (Å²) in [5.41, 5.74) is 2.80. The van der Waals surface area contributed by atoms with Crippen molar-refractivity contribution in [3.63, 3.8) is 0 Å². The normalized spacial score (nSPS) is 15.4. The van der Waals surface area contributed by atoms with Gasteiger partial charge in [0.05, 0.1) is 0 Å². The molecule has 0 saturated heterocycles. The Labute approximate surface area is 111 Å². The Morgan fingerprint density at radius 1 is 1.22 bits per heavy atom. The number of aryl methyl sites for hydroxylation is 1. The number of nitrogens with one attached hydrogen (secondary N) is 1. The van der Waals surface area contributed by atoms with Crippen LogP contribution in [0.4, 0.5) is 0 Å². The molecule has 2 heteroatoms. The molecule has 2 unspecified atom stereocenters. The molecule has 0 bridgehead atoms. The Kier molecular flexibility index (Phi) is 5.36. The van der Waals surface area contributed by atoms with Crippen LogP contribution in [0.15, 0.2) is 24.3 Å². The monoisotopic (exact) mass is 249 g/mol. The molecule has 0 aromatic heterocycles. The molecule has 2 atom stereocenters. The van der Waals surface area contributed by atoms with Crippen molar-refractivity contribution in [3.8, 4) is 0 Å². The average Bonchev–Trinajstić information content (AvgIpc) is 2.27. The molecule has 0 amide bonds. The van der Waals surface area contributed by atoms with Gasteiger partial charge in [-0.05, 0) is 36.8 Å². The van der Waals surface area contributed by atoms with Crippen molar-refractivity contribution in [2.24, 2.45) is 5.41 Å². The summed E-state index contributed by atoms with van der Waals surface area (Å²) < 4.78 is 0. The fourth-order valence-electron chi connectivity index (χ4n) is 2.36. The topological polar surface area (TPSA) is 32.3 Å². The van der Waals surface area contributed by atoms with E-state index in [2.05, 4.69) is 64.2 Å². The van der Waals surface area contributed by atoms with Gasteiger partial charge in [0.2, 0.25) is 0 Å². The highest BCUT2D eigenvalue weighted by Gasteiger charge is 2.25. The largest absolute Gasteiger partial charge is 0.396 e. The van der Waals surface area contributed by atoms with Crippen LogP contribution in [0.3, 0.4) is 0 Å². The van der Waals surface area contributed by atoms with Crippen molar-refractivity contribution < 1.29 is 5.11 Å². The zero-order valence-corrected chi connectivity index (χ0v) is 12.3. The molecule has 0 saturated carbocycles. The van der Waals surface area contributed by atoms with Gasteiger partial charge in [0.1, 0.15) is 0 Å². The van der Waals surface area contributed by atoms with Crippen LogP contribution < -0.4 is 5.32 Å². The minimum Gasteiger partial charge on any atom is -0.396 e. The standard InChI is InChI=1S/C16H27NO/c1-12-8-6-7-9-14(12)13(2)17-15(10-11-18)16(3,4)5/h6-9,13,15,17-18H,10-11H2,1-5H3. The quantitative estimate of drug-likeness (QED) is 0.838. The van der Waals surface area contributed by atoms with E-state index >= 15 is 0 Å². The first-order chi connectivity index (χ1) is 8.36. The van der Waals surface area contributed by atoms with Crippen molar-refractivity contribution in [2.75, 3.05) is 6.61 Å². The van der Waals surface area contributed by atoms with Crippen LogP contribution in [0.25, 0.3) is 0 Å². The second-order valence-electron chi connectivity index (χ2n) is 6.18. The first-order valence-corrected chi connectivity index (χ1v) is 6.78. The third-order valence-corrected chi connectivity index (χ3v) is 3.57. The zero-order chi connectivity index (χ0) is 13.8. The molecule has 18 heavy (non-hydrogen) atoms. The van der Waals surface area contributed by atoms with Gasteiger partial charge in [0.15, 0.2) is 0 Å². The van der Waals surface area contributed by atoms with Gasteiger partial charge < -0.3 is 10.4 Å².